The molecule has 1 aliphatic heterocycles. The van der Waals surface area contributed by atoms with Crippen molar-refractivity contribution in [1.82, 2.24) is 19.9 Å². The highest BCUT2D eigenvalue weighted by molar-refractivity contribution is 7.89. The topological polar surface area (TPSA) is 89.9 Å². The number of hydrogen-bond donors (Lipinski definition) is 2. The van der Waals surface area contributed by atoms with E-state index < -0.39 is 10.0 Å². The molecule has 1 aromatic heterocycles. The van der Waals surface area contributed by atoms with Gasteiger partial charge in [-0.2, -0.15) is 0 Å². The van der Waals surface area contributed by atoms with Gasteiger partial charge in [-0.3, -0.25) is 4.99 Å². The van der Waals surface area contributed by atoms with Gasteiger partial charge in [-0.25, -0.2) is 18.1 Å². The van der Waals surface area contributed by atoms with Crippen LogP contribution >= 0.6 is 0 Å². The molecular weight excluding hydrogens is 376 g/mol. The van der Waals surface area contributed by atoms with Crippen molar-refractivity contribution in [3.05, 3.63) is 54.2 Å². The Bertz CT molecular complexity index is 892. The maximum Gasteiger partial charge on any atom is 0.240 e. The van der Waals surface area contributed by atoms with Gasteiger partial charge in [-0.1, -0.05) is 18.2 Å². The summed E-state index contributed by atoms with van der Waals surface area (Å²) in [6, 6.07) is 12.8. The van der Waals surface area contributed by atoms with Crippen LogP contribution in [0.5, 0.6) is 0 Å². The van der Waals surface area contributed by atoms with Gasteiger partial charge in [0.1, 0.15) is 5.82 Å². The molecule has 3 rings (SSSR count). The molecule has 9 heteroatoms. The molecule has 2 heterocycles. The molecule has 0 aliphatic carbocycles. The van der Waals surface area contributed by atoms with Crippen LogP contribution in [0.15, 0.2) is 58.5 Å². The first kappa shape index (κ1) is 20.1. The highest BCUT2D eigenvalue weighted by Gasteiger charge is 2.20. The van der Waals surface area contributed by atoms with Crippen LogP contribution in [-0.4, -0.2) is 64.5 Å². The summed E-state index contributed by atoms with van der Waals surface area (Å²) in [6.45, 7) is 4.06. The van der Waals surface area contributed by atoms with Gasteiger partial charge in [0.2, 0.25) is 10.0 Å². The molecular formula is C19H26N6O2S. The number of rotatable bonds is 5. The predicted molar refractivity (Wildman–Crippen MR) is 111 cm³/mol. The SMILES string of the molecule is CN=C(NCc1ccc(S(=O)(=O)NC)cc1)N1CCN(c2ccccn2)CC1. The van der Waals surface area contributed by atoms with Gasteiger partial charge in [0.15, 0.2) is 5.96 Å². The molecule has 1 saturated heterocycles. The van der Waals surface area contributed by atoms with Crippen molar-refractivity contribution in [2.45, 2.75) is 11.4 Å². The maximum absolute atomic E-state index is 11.8. The van der Waals surface area contributed by atoms with Crippen LogP contribution in [0.1, 0.15) is 5.56 Å². The number of sulfonamides is 1. The van der Waals surface area contributed by atoms with E-state index in [1.54, 1.807) is 19.2 Å². The van der Waals surface area contributed by atoms with E-state index in [-0.39, 0.29) is 4.90 Å². The van der Waals surface area contributed by atoms with Crippen molar-refractivity contribution in [2.75, 3.05) is 45.2 Å². The van der Waals surface area contributed by atoms with E-state index in [0.29, 0.717) is 6.54 Å². The third-order valence-electron chi connectivity index (χ3n) is 4.72. The van der Waals surface area contributed by atoms with Crippen molar-refractivity contribution in [3.63, 3.8) is 0 Å². The molecule has 0 bridgehead atoms. The summed E-state index contributed by atoms with van der Waals surface area (Å²) in [6.07, 6.45) is 1.81. The molecule has 0 radical (unpaired) electrons. The summed E-state index contributed by atoms with van der Waals surface area (Å²) in [5.74, 6) is 1.84. The number of hydrogen-bond acceptors (Lipinski definition) is 5. The van der Waals surface area contributed by atoms with Crippen LogP contribution in [-0.2, 0) is 16.6 Å². The van der Waals surface area contributed by atoms with E-state index in [1.807, 2.05) is 36.5 Å². The molecule has 150 valence electrons. The van der Waals surface area contributed by atoms with Gasteiger partial charge >= 0.3 is 0 Å². The van der Waals surface area contributed by atoms with Crippen LogP contribution in [0.3, 0.4) is 0 Å². The Morgan fingerprint density at radius 1 is 1.11 bits per heavy atom. The molecule has 2 N–H and O–H groups in total. The van der Waals surface area contributed by atoms with Crippen molar-refractivity contribution in [3.8, 4) is 0 Å². The van der Waals surface area contributed by atoms with Crippen LogP contribution in [0.4, 0.5) is 5.82 Å². The van der Waals surface area contributed by atoms with Gasteiger partial charge in [0.05, 0.1) is 4.90 Å². The Morgan fingerprint density at radius 2 is 1.82 bits per heavy atom. The number of anilines is 1. The Morgan fingerprint density at radius 3 is 2.39 bits per heavy atom. The van der Waals surface area contributed by atoms with Crippen molar-refractivity contribution in [2.24, 2.45) is 4.99 Å². The minimum Gasteiger partial charge on any atom is -0.353 e. The van der Waals surface area contributed by atoms with Crippen molar-refractivity contribution in [1.29, 1.82) is 0 Å². The normalized spacial score (nSPS) is 15.6. The summed E-state index contributed by atoms with van der Waals surface area (Å²) in [5.41, 5.74) is 0.989. The molecule has 1 aromatic carbocycles. The quantitative estimate of drug-likeness (QED) is 0.570. The first-order chi connectivity index (χ1) is 13.5. The Labute approximate surface area is 166 Å². The van der Waals surface area contributed by atoms with Crippen LogP contribution < -0.4 is 14.9 Å². The number of aliphatic imine (C=N–C) groups is 1. The number of guanidine groups is 1. The average Bonchev–Trinajstić information content (AvgIpc) is 2.75. The van der Waals surface area contributed by atoms with E-state index in [1.165, 1.54) is 7.05 Å². The summed E-state index contributed by atoms with van der Waals surface area (Å²) in [5, 5.41) is 3.36. The second-order valence-electron chi connectivity index (χ2n) is 6.41. The number of piperazine rings is 1. The van der Waals surface area contributed by atoms with Gasteiger partial charge in [0, 0.05) is 46.0 Å². The predicted octanol–water partition coefficient (Wildman–Crippen LogP) is 0.887. The number of nitrogens with zero attached hydrogens (tertiary/aromatic N) is 4. The molecule has 28 heavy (non-hydrogen) atoms. The molecule has 0 spiro atoms. The second kappa shape index (κ2) is 9.03. The minimum absolute atomic E-state index is 0.258. The highest BCUT2D eigenvalue weighted by Crippen LogP contribution is 2.13. The number of nitrogens with one attached hydrogen (secondary N) is 2. The minimum atomic E-state index is -3.41. The van der Waals surface area contributed by atoms with E-state index >= 15 is 0 Å². The fourth-order valence-electron chi connectivity index (χ4n) is 3.11. The number of pyridine rings is 1. The molecule has 0 unspecified atom stereocenters. The highest BCUT2D eigenvalue weighted by atomic mass is 32.2. The molecule has 0 atom stereocenters. The zero-order valence-corrected chi connectivity index (χ0v) is 17.0. The lowest BCUT2D eigenvalue weighted by Crippen LogP contribution is -2.52. The molecule has 8 nitrogen and oxygen atoms in total. The average molecular weight is 403 g/mol. The van der Waals surface area contributed by atoms with Gasteiger partial charge in [0.25, 0.3) is 0 Å². The Hall–Kier alpha value is -2.65. The fraction of sp³-hybridized carbons (Fsp3) is 0.368. The maximum atomic E-state index is 11.8. The number of aromatic nitrogens is 1. The van der Waals surface area contributed by atoms with Crippen LogP contribution in [0, 0.1) is 0 Å². The van der Waals surface area contributed by atoms with Crippen molar-refractivity contribution < 1.29 is 8.42 Å². The fourth-order valence-corrected chi connectivity index (χ4v) is 3.84. The molecule has 2 aromatic rings. The first-order valence-electron chi connectivity index (χ1n) is 9.17. The molecule has 1 fully saturated rings. The summed E-state index contributed by atoms with van der Waals surface area (Å²) < 4.78 is 25.9. The summed E-state index contributed by atoms with van der Waals surface area (Å²) in [4.78, 5) is 13.5. The Balaban J connectivity index is 1.54. The van der Waals surface area contributed by atoms with Gasteiger partial charge < -0.3 is 15.1 Å². The molecule has 1 aliphatic rings. The lowest BCUT2D eigenvalue weighted by Gasteiger charge is -2.37. The second-order valence-corrected chi connectivity index (χ2v) is 8.30. The monoisotopic (exact) mass is 402 g/mol. The van der Waals surface area contributed by atoms with Gasteiger partial charge in [-0.05, 0) is 36.9 Å². The van der Waals surface area contributed by atoms with E-state index in [9.17, 15) is 8.42 Å². The smallest absolute Gasteiger partial charge is 0.240 e. The number of benzene rings is 1. The summed E-state index contributed by atoms with van der Waals surface area (Å²) in [7, 11) is -0.229. The largest absolute Gasteiger partial charge is 0.353 e. The third kappa shape index (κ3) is 4.79. The van der Waals surface area contributed by atoms with E-state index in [4.69, 9.17) is 0 Å². The zero-order chi connectivity index (χ0) is 20.0. The lowest BCUT2D eigenvalue weighted by atomic mass is 10.2. The van der Waals surface area contributed by atoms with Crippen LogP contribution in [0.25, 0.3) is 0 Å². The van der Waals surface area contributed by atoms with E-state index in [0.717, 1.165) is 43.5 Å². The standard InChI is InChI=1S/C19H26N6O2S/c1-20-19(23-15-16-6-8-17(9-7-16)28(26,27)21-2)25-13-11-24(12-14-25)18-5-3-4-10-22-18/h3-10,21H,11-15H2,1-2H3,(H,20,23). The third-order valence-corrected chi connectivity index (χ3v) is 6.15. The molecule has 0 saturated carbocycles. The van der Waals surface area contributed by atoms with Crippen LogP contribution in [0.2, 0.25) is 0 Å². The molecule has 0 amide bonds. The first-order valence-corrected chi connectivity index (χ1v) is 10.7. The lowest BCUT2D eigenvalue weighted by molar-refractivity contribution is 0.371. The van der Waals surface area contributed by atoms with E-state index in [2.05, 4.69) is 29.8 Å². The summed E-state index contributed by atoms with van der Waals surface area (Å²) >= 11 is 0. The zero-order valence-electron chi connectivity index (χ0n) is 16.2. The van der Waals surface area contributed by atoms with Crippen molar-refractivity contribution >= 4 is 21.8 Å². The Kier molecular flexibility index (Phi) is 6.48. The van der Waals surface area contributed by atoms with Gasteiger partial charge in [-0.15, -0.1) is 0 Å².